The molecule has 0 aromatic heterocycles. The highest BCUT2D eigenvalue weighted by Gasteiger charge is 2.23. The second kappa shape index (κ2) is 9.49. The third-order valence-electron chi connectivity index (χ3n) is 2.17. The molecule has 0 aliphatic carbocycles. The number of amides is 1. The van der Waals surface area contributed by atoms with E-state index in [0.29, 0.717) is 18.6 Å². The van der Waals surface area contributed by atoms with E-state index in [1.165, 1.54) is 18.9 Å². The maximum Gasteiger partial charge on any atom is 0.408 e. The smallest absolute Gasteiger partial charge is 0.408 e. The summed E-state index contributed by atoms with van der Waals surface area (Å²) in [5.74, 6) is -0.608. The number of carboxylic acids is 1. The molecular weight excluding hydrogens is 298 g/mol. The van der Waals surface area contributed by atoms with Crippen LogP contribution in [0.2, 0.25) is 0 Å². The Balaban J connectivity index is 4.06. The average Bonchev–Trinajstić information content (AvgIpc) is 2.34. The van der Waals surface area contributed by atoms with Crippen molar-refractivity contribution >= 4 is 29.8 Å². The van der Waals surface area contributed by atoms with Crippen molar-refractivity contribution in [2.75, 3.05) is 18.6 Å². The van der Waals surface area contributed by atoms with Gasteiger partial charge in [-0.15, -0.1) is 0 Å². The van der Waals surface area contributed by atoms with Gasteiger partial charge in [-0.2, -0.15) is 11.8 Å². The lowest BCUT2D eigenvalue weighted by molar-refractivity contribution is -0.141. The number of nitrogens with one attached hydrogen (secondary N) is 1. The van der Waals surface area contributed by atoms with Crippen molar-refractivity contribution in [1.29, 1.82) is 0 Å². The number of esters is 1. The van der Waals surface area contributed by atoms with Gasteiger partial charge in [0.1, 0.15) is 11.6 Å². The molecule has 7 nitrogen and oxygen atoms in total. The van der Waals surface area contributed by atoms with Crippen molar-refractivity contribution in [1.82, 2.24) is 5.32 Å². The predicted octanol–water partition coefficient (Wildman–Crippen LogP) is 1.65. The number of hydrogen-bond acceptors (Lipinski definition) is 6. The van der Waals surface area contributed by atoms with Crippen molar-refractivity contribution in [3.05, 3.63) is 0 Å². The Labute approximate surface area is 128 Å². The second-order valence-corrected chi connectivity index (χ2v) is 6.44. The number of thioether (sulfide) groups is 1. The van der Waals surface area contributed by atoms with Crippen molar-refractivity contribution in [3.8, 4) is 0 Å². The number of ether oxygens (including phenoxy) is 2. The van der Waals surface area contributed by atoms with Crippen LogP contribution in [0.15, 0.2) is 0 Å². The molecule has 0 aromatic rings. The molecule has 0 aliphatic heterocycles. The van der Waals surface area contributed by atoms with Crippen LogP contribution in [0, 0.1) is 0 Å². The largest absolute Gasteiger partial charge is 0.480 e. The number of hydrogen-bond donors (Lipinski definition) is 2. The molecule has 0 saturated heterocycles. The fourth-order valence-electron chi connectivity index (χ4n) is 1.25. The molecular formula is C13H23NO6S. The molecule has 0 rings (SSSR count). The Kier molecular flexibility index (Phi) is 8.84. The van der Waals surface area contributed by atoms with Crippen LogP contribution >= 0.6 is 11.8 Å². The number of methoxy groups -OCH3 is 1. The summed E-state index contributed by atoms with van der Waals surface area (Å²) in [4.78, 5) is 33.5. The number of aliphatic carboxylic acids is 1. The highest BCUT2D eigenvalue weighted by Crippen LogP contribution is 2.10. The summed E-state index contributed by atoms with van der Waals surface area (Å²) in [6.07, 6.45) is 0.127. The highest BCUT2D eigenvalue weighted by atomic mass is 32.2. The highest BCUT2D eigenvalue weighted by molar-refractivity contribution is 7.99. The van der Waals surface area contributed by atoms with Crippen LogP contribution in [0.4, 0.5) is 4.79 Å². The molecule has 0 aromatic carbocycles. The first kappa shape index (κ1) is 19.6. The van der Waals surface area contributed by atoms with Gasteiger partial charge < -0.3 is 19.9 Å². The van der Waals surface area contributed by atoms with Crippen LogP contribution in [-0.4, -0.2) is 53.4 Å². The Morgan fingerprint density at radius 1 is 1.29 bits per heavy atom. The fraction of sp³-hybridized carbons (Fsp3) is 0.769. The van der Waals surface area contributed by atoms with E-state index in [1.807, 2.05) is 0 Å². The zero-order valence-electron chi connectivity index (χ0n) is 12.8. The SMILES string of the molecule is COC(=O)CCCSCC(NC(=O)OC(C)(C)C)C(=O)O. The summed E-state index contributed by atoms with van der Waals surface area (Å²) in [5, 5.41) is 11.4. The van der Waals surface area contributed by atoms with E-state index in [-0.39, 0.29) is 11.7 Å². The number of carbonyl (C=O) groups excluding carboxylic acids is 2. The van der Waals surface area contributed by atoms with Gasteiger partial charge in [0, 0.05) is 12.2 Å². The summed E-state index contributed by atoms with van der Waals surface area (Å²) in [7, 11) is 1.32. The van der Waals surface area contributed by atoms with Crippen LogP contribution in [0.1, 0.15) is 33.6 Å². The third kappa shape index (κ3) is 10.9. The quantitative estimate of drug-likeness (QED) is 0.517. The Morgan fingerprint density at radius 3 is 2.38 bits per heavy atom. The Bertz CT molecular complexity index is 366. The fourth-order valence-corrected chi connectivity index (χ4v) is 2.22. The van der Waals surface area contributed by atoms with Crippen molar-refractivity contribution in [2.24, 2.45) is 0 Å². The number of rotatable bonds is 8. The standard InChI is InChI=1S/C13H23NO6S/c1-13(2,3)20-12(18)14-9(11(16)17)8-21-7-5-6-10(15)19-4/h9H,5-8H2,1-4H3,(H,14,18)(H,16,17). The maximum absolute atomic E-state index is 11.5. The van der Waals surface area contributed by atoms with Crippen molar-refractivity contribution in [2.45, 2.75) is 45.3 Å². The van der Waals surface area contributed by atoms with Gasteiger partial charge >= 0.3 is 18.0 Å². The van der Waals surface area contributed by atoms with Gasteiger partial charge in [-0.05, 0) is 32.9 Å². The van der Waals surface area contributed by atoms with E-state index in [1.54, 1.807) is 20.8 Å². The van der Waals surface area contributed by atoms with E-state index < -0.39 is 23.7 Å². The summed E-state index contributed by atoms with van der Waals surface area (Å²) in [5.41, 5.74) is -0.680. The van der Waals surface area contributed by atoms with Gasteiger partial charge in [0.05, 0.1) is 7.11 Å². The topological polar surface area (TPSA) is 102 Å². The molecule has 122 valence electrons. The van der Waals surface area contributed by atoms with Crippen LogP contribution in [0.25, 0.3) is 0 Å². The summed E-state index contributed by atoms with van der Waals surface area (Å²) >= 11 is 1.34. The minimum atomic E-state index is -1.12. The zero-order chi connectivity index (χ0) is 16.5. The summed E-state index contributed by atoms with van der Waals surface area (Å²) in [6, 6.07) is -1.03. The van der Waals surface area contributed by atoms with E-state index >= 15 is 0 Å². The lowest BCUT2D eigenvalue weighted by Gasteiger charge is -2.21. The summed E-state index contributed by atoms with van der Waals surface area (Å²) < 4.78 is 9.51. The molecule has 0 bridgehead atoms. The van der Waals surface area contributed by atoms with Crippen LogP contribution in [0.3, 0.4) is 0 Å². The maximum atomic E-state index is 11.5. The van der Waals surface area contributed by atoms with Gasteiger partial charge in [0.25, 0.3) is 0 Å². The first-order valence-electron chi connectivity index (χ1n) is 6.52. The lowest BCUT2D eigenvalue weighted by atomic mass is 10.2. The van der Waals surface area contributed by atoms with E-state index in [2.05, 4.69) is 10.1 Å². The Hall–Kier alpha value is -1.44. The molecule has 0 radical (unpaired) electrons. The number of carboxylic acid groups (broad SMARTS) is 1. The first-order chi connectivity index (χ1) is 9.65. The van der Waals surface area contributed by atoms with Crippen LogP contribution < -0.4 is 5.32 Å². The van der Waals surface area contributed by atoms with Crippen molar-refractivity contribution in [3.63, 3.8) is 0 Å². The molecule has 0 aliphatic rings. The molecule has 1 unspecified atom stereocenters. The monoisotopic (exact) mass is 321 g/mol. The predicted molar refractivity (Wildman–Crippen MR) is 79.4 cm³/mol. The lowest BCUT2D eigenvalue weighted by Crippen LogP contribution is -2.45. The molecule has 0 heterocycles. The molecule has 2 N–H and O–H groups in total. The van der Waals surface area contributed by atoms with Gasteiger partial charge in [-0.25, -0.2) is 9.59 Å². The molecule has 1 atom stereocenters. The second-order valence-electron chi connectivity index (χ2n) is 5.29. The molecule has 0 spiro atoms. The molecule has 1 amide bonds. The van der Waals surface area contributed by atoms with Gasteiger partial charge in [0.2, 0.25) is 0 Å². The van der Waals surface area contributed by atoms with E-state index in [4.69, 9.17) is 9.84 Å². The summed E-state index contributed by atoms with van der Waals surface area (Å²) in [6.45, 7) is 5.09. The van der Waals surface area contributed by atoms with E-state index in [0.717, 1.165) is 0 Å². The molecule has 0 saturated carbocycles. The minimum absolute atomic E-state index is 0.204. The zero-order valence-corrected chi connectivity index (χ0v) is 13.6. The van der Waals surface area contributed by atoms with Gasteiger partial charge in [-0.3, -0.25) is 4.79 Å². The minimum Gasteiger partial charge on any atom is -0.480 e. The molecule has 0 fully saturated rings. The number of carbonyl (C=O) groups is 3. The van der Waals surface area contributed by atoms with E-state index in [9.17, 15) is 14.4 Å². The van der Waals surface area contributed by atoms with Crippen LogP contribution in [0.5, 0.6) is 0 Å². The van der Waals surface area contributed by atoms with Gasteiger partial charge in [0.15, 0.2) is 0 Å². The third-order valence-corrected chi connectivity index (χ3v) is 3.32. The Morgan fingerprint density at radius 2 is 1.90 bits per heavy atom. The van der Waals surface area contributed by atoms with Crippen molar-refractivity contribution < 1.29 is 29.0 Å². The number of alkyl carbamates (subject to hydrolysis) is 1. The van der Waals surface area contributed by atoms with Crippen LogP contribution in [-0.2, 0) is 19.1 Å². The normalized spacial score (nSPS) is 12.4. The molecule has 21 heavy (non-hydrogen) atoms. The first-order valence-corrected chi connectivity index (χ1v) is 7.68. The average molecular weight is 321 g/mol. The van der Waals surface area contributed by atoms with Gasteiger partial charge in [-0.1, -0.05) is 0 Å². The molecule has 8 heteroatoms.